The molecular formula is C13H21N3O2. The zero-order valence-electron chi connectivity index (χ0n) is 11.1. The molecule has 0 unspecified atom stereocenters. The lowest BCUT2D eigenvalue weighted by molar-refractivity contribution is 0.191. The normalized spacial score (nSPS) is 15.7. The molecule has 1 aliphatic rings. The number of ether oxygens (including phenoxy) is 2. The van der Waals surface area contributed by atoms with Crippen LogP contribution in [0.3, 0.4) is 0 Å². The fourth-order valence-corrected chi connectivity index (χ4v) is 2.16. The highest BCUT2D eigenvalue weighted by Gasteiger charge is 2.21. The summed E-state index contributed by atoms with van der Waals surface area (Å²) in [5.74, 6) is 1.87. The lowest BCUT2D eigenvalue weighted by atomic mass is 10.3. The molecule has 1 aromatic heterocycles. The average Bonchev–Trinajstić information content (AvgIpc) is 2.89. The fourth-order valence-electron chi connectivity index (χ4n) is 2.16. The summed E-state index contributed by atoms with van der Waals surface area (Å²) in [7, 11) is 1.62. The van der Waals surface area contributed by atoms with E-state index >= 15 is 0 Å². The van der Waals surface area contributed by atoms with Gasteiger partial charge < -0.3 is 14.8 Å². The summed E-state index contributed by atoms with van der Waals surface area (Å²) in [5.41, 5.74) is 0. The minimum Gasteiger partial charge on any atom is -0.489 e. The lowest BCUT2D eigenvalue weighted by Crippen LogP contribution is -2.14. The van der Waals surface area contributed by atoms with Gasteiger partial charge in [-0.2, -0.15) is 4.98 Å². The summed E-state index contributed by atoms with van der Waals surface area (Å²) in [5, 5.41) is 3.22. The van der Waals surface area contributed by atoms with Crippen molar-refractivity contribution in [3.63, 3.8) is 0 Å². The highest BCUT2D eigenvalue weighted by Crippen LogP contribution is 2.33. The highest BCUT2D eigenvalue weighted by molar-refractivity contribution is 5.55. The van der Waals surface area contributed by atoms with Gasteiger partial charge in [-0.25, -0.2) is 4.98 Å². The minimum absolute atomic E-state index is 0.271. The Morgan fingerprint density at radius 1 is 1.33 bits per heavy atom. The Morgan fingerprint density at radius 2 is 2.11 bits per heavy atom. The molecule has 0 spiro atoms. The Bertz CT molecular complexity index is 378. The molecule has 0 aliphatic heterocycles. The van der Waals surface area contributed by atoms with E-state index in [1.54, 1.807) is 7.11 Å². The van der Waals surface area contributed by atoms with Crippen molar-refractivity contribution in [2.75, 3.05) is 19.0 Å². The Morgan fingerprint density at radius 3 is 2.78 bits per heavy atom. The van der Waals surface area contributed by atoms with Crippen molar-refractivity contribution in [1.82, 2.24) is 9.97 Å². The molecular weight excluding hydrogens is 230 g/mol. The lowest BCUT2D eigenvalue weighted by Gasteiger charge is -2.16. The zero-order chi connectivity index (χ0) is 12.8. The predicted octanol–water partition coefficient (Wildman–Crippen LogP) is 2.63. The van der Waals surface area contributed by atoms with Crippen LogP contribution in [0, 0.1) is 0 Å². The van der Waals surface area contributed by atoms with E-state index in [2.05, 4.69) is 22.2 Å². The summed E-state index contributed by atoms with van der Waals surface area (Å²) in [6, 6.07) is 0. The molecule has 1 fully saturated rings. The van der Waals surface area contributed by atoms with Crippen LogP contribution in [0.2, 0.25) is 0 Å². The van der Waals surface area contributed by atoms with Gasteiger partial charge in [0.2, 0.25) is 5.75 Å². The molecule has 0 bridgehead atoms. The Balaban J connectivity index is 2.12. The van der Waals surface area contributed by atoms with Crippen LogP contribution in [0.5, 0.6) is 11.6 Å². The van der Waals surface area contributed by atoms with Gasteiger partial charge in [0.15, 0.2) is 5.82 Å². The maximum absolute atomic E-state index is 5.90. The van der Waals surface area contributed by atoms with Crippen LogP contribution in [0.4, 0.5) is 5.82 Å². The van der Waals surface area contributed by atoms with Crippen LogP contribution in [-0.2, 0) is 0 Å². The monoisotopic (exact) mass is 251 g/mol. The highest BCUT2D eigenvalue weighted by atomic mass is 16.5. The van der Waals surface area contributed by atoms with Gasteiger partial charge in [-0.1, -0.05) is 6.92 Å². The molecule has 0 aromatic carbocycles. The molecule has 0 saturated heterocycles. The van der Waals surface area contributed by atoms with Gasteiger partial charge >= 0.3 is 0 Å². The molecule has 18 heavy (non-hydrogen) atoms. The predicted molar refractivity (Wildman–Crippen MR) is 70.2 cm³/mol. The van der Waals surface area contributed by atoms with Gasteiger partial charge in [-0.3, -0.25) is 0 Å². The Kier molecular flexibility index (Phi) is 4.61. The quantitative estimate of drug-likeness (QED) is 0.842. The maximum Gasteiger partial charge on any atom is 0.262 e. The van der Waals surface area contributed by atoms with E-state index in [0.717, 1.165) is 25.8 Å². The summed E-state index contributed by atoms with van der Waals surface area (Å²) >= 11 is 0. The summed E-state index contributed by atoms with van der Waals surface area (Å²) in [6.07, 6.45) is 7.50. The number of anilines is 1. The first-order valence-corrected chi connectivity index (χ1v) is 6.64. The van der Waals surface area contributed by atoms with Crippen molar-refractivity contribution in [3.05, 3.63) is 6.33 Å². The van der Waals surface area contributed by atoms with E-state index < -0.39 is 0 Å². The summed E-state index contributed by atoms with van der Waals surface area (Å²) in [4.78, 5) is 8.38. The third kappa shape index (κ3) is 3.03. The first kappa shape index (κ1) is 12.9. The average molecular weight is 251 g/mol. The van der Waals surface area contributed by atoms with Crippen LogP contribution in [0.15, 0.2) is 6.33 Å². The molecule has 1 heterocycles. The molecule has 5 heteroatoms. The van der Waals surface area contributed by atoms with E-state index in [9.17, 15) is 0 Å². The SMILES string of the molecule is CCCNc1ncnc(OC2CCCC2)c1OC. The number of rotatable bonds is 6. The van der Waals surface area contributed by atoms with E-state index in [4.69, 9.17) is 9.47 Å². The number of hydrogen-bond acceptors (Lipinski definition) is 5. The topological polar surface area (TPSA) is 56.3 Å². The summed E-state index contributed by atoms with van der Waals surface area (Å²) < 4.78 is 11.3. The molecule has 2 rings (SSSR count). The Labute approximate surface area is 108 Å². The van der Waals surface area contributed by atoms with Crippen molar-refractivity contribution in [3.8, 4) is 11.6 Å². The molecule has 0 atom stereocenters. The molecule has 0 radical (unpaired) electrons. The molecule has 1 aromatic rings. The first-order chi connectivity index (χ1) is 8.85. The second kappa shape index (κ2) is 6.42. The smallest absolute Gasteiger partial charge is 0.262 e. The number of nitrogens with zero attached hydrogens (tertiary/aromatic N) is 2. The number of aromatic nitrogens is 2. The third-order valence-electron chi connectivity index (χ3n) is 3.10. The van der Waals surface area contributed by atoms with Crippen molar-refractivity contribution < 1.29 is 9.47 Å². The first-order valence-electron chi connectivity index (χ1n) is 6.64. The van der Waals surface area contributed by atoms with Crippen LogP contribution in [0.25, 0.3) is 0 Å². The van der Waals surface area contributed by atoms with Gasteiger partial charge in [-0.15, -0.1) is 0 Å². The molecule has 0 amide bonds. The second-order valence-corrected chi connectivity index (χ2v) is 4.51. The molecule has 1 N–H and O–H groups in total. The van der Waals surface area contributed by atoms with Crippen molar-refractivity contribution >= 4 is 5.82 Å². The third-order valence-corrected chi connectivity index (χ3v) is 3.10. The number of methoxy groups -OCH3 is 1. The van der Waals surface area contributed by atoms with Gasteiger partial charge in [0.25, 0.3) is 5.88 Å². The zero-order valence-corrected chi connectivity index (χ0v) is 11.1. The molecule has 100 valence electrons. The van der Waals surface area contributed by atoms with Gasteiger partial charge in [-0.05, 0) is 32.1 Å². The standard InChI is InChI=1S/C13H21N3O2/c1-3-8-14-12-11(17-2)13(16-9-15-12)18-10-6-4-5-7-10/h9-10H,3-8H2,1-2H3,(H,14,15,16). The number of nitrogens with one attached hydrogen (secondary N) is 1. The molecule has 1 saturated carbocycles. The minimum atomic E-state index is 0.271. The molecule has 5 nitrogen and oxygen atoms in total. The van der Waals surface area contributed by atoms with Crippen molar-refractivity contribution in [2.45, 2.75) is 45.1 Å². The van der Waals surface area contributed by atoms with E-state index in [-0.39, 0.29) is 6.10 Å². The fraction of sp³-hybridized carbons (Fsp3) is 0.692. The van der Waals surface area contributed by atoms with Crippen molar-refractivity contribution in [1.29, 1.82) is 0 Å². The maximum atomic E-state index is 5.90. The summed E-state index contributed by atoms with van der Waals surface area (Å²) in [6.45, 7) is 2.97. The van der Waals surface area contributed by atoms with Crippen LogP contribution < -0.4 is 14.8 Å². The van der Waals surface area contributed by atoms with Crippen LogP contribution >= 0.6 is 0 Å². The van der Waals surface area contributed by atoms with Gasteiger partial charge in [0, 0.05) is 6.54 Å². The van der Waals surface area contributed by atoms with Crippen LogP contribution in [0.1, 0.15) is 39.0 Å². The Hall–Kier alpha value is -1.52. The van der Waals surface area contributed by atoms with Gasteiger partial charge in [0.1, 0.15) is 12.4 Å². The van der Waals surface area contributed by atoms with Crippen molar-refractivity contribution in [2.24, 2.45) is 0 Å². The van der Waals surface area contributed by atoms with Crippen LogP contribution in [-0.4, -0.2) is 29.7 Å². The van der Waals surface area contributed by atoms with E-state index in [0.29, 0.717) is 17.4 Å². The largest absolute Gasteiger partial charge is 0.489 e. The van der Waals surface area contributed by atoms with E-state index in [1.165, 1.54) is 19.2 Å². The van der Waals surface area contributed by atoms with E-state index in [1.807, 2.05) is 0 Å². The van der Waals surface area contributed by atoms with Gasteiger partial charge in [0.05, 0.1) is 7.11 Å². The number of hydrogen-bond donors (Lipinski definition) is 1. The molecule has 1 aliphatic carbocycles. The second-order valence-electron chi connectivity index (χ2n) is 4.51.